The molecule has 186 valence electrons. The molecule has 0 aromatic heterocycles. The molecule has 3 unspecified atom stereocenters. The van der Waals surface area contributed by atoms with Gasteiger partial charge in [-0.15, -0.1) is 0 Å². The summed E-state index contributed by atoms with van der Waals surface area (Å²) in [6, 6.07) is 23.5. The van der Waals surface area contributed by atoms with Gasteiger partial charge in [0.2, 0.25) is 0 Å². The molecule has 3 atom stereocenters. The molecule has 3 aromatic rings. The molecule has 5 nitrogen and oxygen atoms in total. The van der Waals surface area contributed by atoms with Gasteiger partial charge in [0.15, 0.2) is 0 Å². The van der Waals surface area contributed by atoms with E-state index in [-0.39, 0.29) is 12.0 Å². The molecule has 1 saturated heterocycles. The molecule has 4 rings (SSSR count). The highest BCUT2D eigenvalue weighted by molar-refractivity contribution is 6.42. The van der Waals surface area contributed by atoms with Gasteiger partial charge < -0.3 is 24.6 Å². The average molecular weight is 516 g/mol. The van der Waals surface area contributed by atoms with E-state index in [0.29, 0.717) is 49.6 Å². The lowest BCUT2D eigenvalue weighted by Crippen LogP contribution is -2.49. The average Bonchev–Trinajstić information content (AvgIpc) is 2.88. The molecule has 0 bridgehead atoms. The Hall–Kier alpha value is -2.12. The molecule has 0 spiro atoms. The van der Waals surface area contributed by atoms with Crippen LogP contribution < -0.4 is 10.1 Å². The molecule has 3 aromatic carbocycles. The third kappa shape index (κ3) is 7.68. The molecule has 7 heteroatoms. The third-order valence-corrected chi connectivity index (χ3v) is 6.78. The Kier molecular flexibility index (Phi) is 9.83. The molecule has 0 saturated carbocycles. The van der Waals surface area contributed by atoms with Gasteiger partial charge in [0, 0.05) is 25.4 Å². The van der Waals surface area contributed by atoms with Gasteiger partial charge >= 0.3 is 0 Å². The number of nitrogens with one attached hydrogen (secondary N) is 1. The van der Waals surface area contributed by atoms with Crippen molar-refractivity contribution < 1.29 is 19.3 Å². The first kappa shape index (κ1) is 26.0. The third-order valence-electron chi connectivity index (χ3n) is 6.04. The second kappa shape index (κ2) is 13.3. The van der Waals surface area contributed by atoms with Crippen LogP contribution in [-0.4, -0.2) is 43.6 Å². The topological polar surface area (TPSA) is 60.0 Å². The zero-order valence-electron chi connectivity index (χ0n) is 19.5. The standard InChI is InChI=1S/C28H31Cl2NO4/c29-24-12-7-21(15-25(24)30)19-35-27-17-31-16-26(32)28(27)22-8-10-23(11-9-22)34-14-4-13-33-18-20-5-2-1-3-6-20/h1-3,5-12,15,26-28,31-32H,4,13-14,16-19H2. The lowest BCUT2D eigenvalue weighted by Gasteiger charge is -2.36. The van der Waals surface area contributed by atoms with Crippen molar-refractivity contribution in [3.63, 3.8) is 0 Å². The number of aliphatic hydroxyl groups is 1. The van der Waals surface area contributed by atoms with Crippen LogP contribution in [0.1, 0.15) is 29.0 Å². The van der Waals surface area contributed by atoms with Crippen LogP contribution in [0.15, 0.2) is 72.8 Å². The quantitative estimate of drug-likeness (QED) is 0.325. The number of aliphatic hydroxyl groups excluding tert-OH is 1. The van der Waals surface area contributed by atoms with Gasteiger partial charge in [0.1, 0.15) is 5.75 Å². The Bertz CT molecular complexity index is 1050. The summed E-state index contributed by atoms with van der Waals surface area (Å²) in [5.74, 6) is 0.660. The van der Waals surface area contributed by atoms with E-state index in [9.17, 15) is 5.11 Å². The lowest BCUT2D eigenvalue weighted by atomic mass is 9.85. The SMILES string of the molecule is OC1CNCC(OCc2ccc(Cl)c(Cl)c2)C1c1ccc(OCCCOCc2ccccc2)cc1. The van der Waals surface area contributed by atoms with Crippen molar-refractivity contribution in [3.05, 3.63) is 99.5 Å². The van der Waals surface area contributed by atoms with Crippen LogP contribution in [-0.2, 0) is 22.7 Å². The fourth-order valence-corrected chi connectivity index (χ4v) is 4.53. The largest absolute Gasteiger partial charge is 0.494 e. The Morgan fingerprint density at radius 2 is 1.63 bits per heavy atom. The Morgan fingerprint density at radius 1 is 0.829 bits per heavy atom. The summed E-state index contributed by atoms with van der Waals surface area (Å²) >= 11 is 12.1. The maximum atomic E-state index is 10.7. The predicted octanol–water partition coefficient (Wildman–Crippen LogP) is 5.61. The van der Waals surface area contributed by atoms with Crippen LogP contribution in [0.2, 0.25) is 10.0 Å². The second-order valence-electron chi connectivity index (χ2n) is 8.66. The van der Waals surface area contributed by atoms with E-state index >= 15 is 0 Å². The number of rotatable bonds is 11. The number of halogens is 2. The highest BCUT2D eigenvalue weighted by atomic mass is 35.5. The van der Waals surface area contributed by atoms with Crippen LogP contribution >= 0.6 is 23.2 Å². The van der Waals surface area contributed by atoms with Crippen molar-refractivity contribution in [2.75, 3.05) is 26.3 Å². The smallest absolute Gasteiger partial charge is 0.119 e. The first-order chi connectivity index (χ1) is 17.1. The van der Waals surface area contributed by atoms with Crippen LogP contribution in [0.4, 0.5) is 0 Å². The minimum Gasteiger partial charge on any atom is -0.494 e. The highest BCUT2D eigenvalue weighted by Gasteiger charge is 2.34. The van der Waals surface area contributed by atoms with Gasteiger partial charge in [0.25, 0.3) is 0 Å². The molecule has 1 fully saturated rings. The van der Waals surface area contributed by atoms with Crippen LogP contribution in [0.3, 0.4) is 0 Å². The molecule has 35 heavy (non-hydrogen) atoms. The minimum absolute atomic E-state index is 0.139. The van der Waals surface area contributed by atoms with E-state index < -0.39 is 6.10 Å². The van der Waals surface area contributed by atoms with Crippen LogP contribution in [0.5, 0.6) is 5.75 Å². The van der Waals surface area contributed by atoms with Gasteiger partial charge in [0.05, 0.1) is 48.7 Å². The first-order valence-electron chi connectivity index (χ1n) is 11.9. The zero-order chi connectivity index (χ0) is 24.5. The minimum atomic E-state index is -0.545. The maximum absolute atomic E-state index is 10.7. The van der Waals surface area contributed by atoms with E-state index in [1.807, 2.05) is 54.6 Å². The van der Waals surface area contributed by atoms with Gasteiger partial charge in [-0.1, -0.05) is 71.7 Å². The fraction of sp³-hybridized carbons (Fsp3) is 0.357. The molecule has 1 heterocycles. The first-order valence-corrected chi connectivity index (χ1v) is 12.6. The predicted molar refractivity (Wildman–Crippen MR) is 139 cm³/mol. The number of β-amino-alcohol motifs (C(OH)–C–C–N with tert-alkyl or cyclic N) is 1. The zero-order valence-corrected chi connectivity index (χ0v) is 21.0. The van der Waals surface area contributed by atoms with Crippen molar-refractivity contribution in [1.82, 2.24) is 5.32 Å². The maximum Gasteiger partial charge on any atom is 0.119 e. The summed E-state index contributed by atoms with van der Waals surface area (Å²) in [7, 11) is 0. The lowest BCUT2D eigenvalue weighted by molar-refractivity contribution is -0.0328. The molecule has 1 aliphatic rings. The van der Waals surface area contributed by atoms with E-state index in [1.165, 1.54) is 5.56 Å². The van der Waals surface area contributed by atoms with Crippen molar-refractivity contribution >= 4 is 23.2 Å². The Balaban J connectivity index is 1.25. The molecule has 0 radical (unpaired) electrons. The highest BCUT2D eigenvalue weighted by Crippen LogP contribution is 2.31. The number of hydrogen-bond donors (Lipinski definition) is 2. The van der Waals surface area contributed by atoms with Gasteiger partial charge in [-0.25, -0.2) is 0 Å². The normalized spacial score (nSPS) is 20.0. The van der Waals surface area contributed by atoms with E-state index in [0.717, 1.165) is 23.3 Å². The van der Waals surface area contributed by atoms with Crippen molar-refractivity contribution in [1.29, 1.82) is 0 Å². The molecule has 0 aliphatic carbocycles. The van der Waals surface area contributed by atoms with E-state index in [1.54, 1.807) is 6.07 Å². The van der Waals surface area contributed by atoms with Crippen molar-refractivity contribution in [2.45, 2.75) is 37.8 Å². The summed E-state index contributed by atoms with van der Waals surface area (Å²) in [6.07, 6.45) is 0.0875. The Labute approximate surface area is 216 Å². The van der Waals surface area contributed by atoms with Crippen LogP contribution in [0.25, 0.3) is 0 Å². The monoisotopic (exact) mass is 515 g/mol. The summed E-state index contributed by atoms with van der Waals surface area (Å²) < 4.78 is 17.8. The molecular formula is C28H31Cl2NO4. The second-order valence-corrected chi connectivity index (χ2v) is 9.47. The van der Waals surface area contributed by atoms with Crippen LogP contribution in [0, 0.1) is 0 Å². The summed E-state index contributed by atoms with van der Waals surface area (Å²) in [4.78, 5) is 0. The number of piperidine rings is 1. The van der Waals surface area contributed by atoms with Crippen molar-refractivity contribution in [3.8, 4) is 5.75 Å². The van der Waals surface area contributed by atoms with Gasteiger partial charge in [-0.3, -0.25) is 0 Å². The van der Waals surface area contributed by atoms with Crippen molar-refractivity contribution in [2.24, 2.45) is 0 Å². The number of benzene rings is 3. The van der Waals surface area contributed by atoms with E-state index in [4.69, 9.17) is 37.4 Å². The molecule has 0 amide bonds. The fourth-order valence-electron chi connectivity index (χ4n) is 4.21. The Morgan fingerprint density at radius 3 is 2.40 bits per heavy atom. The summed E-state index contributed by atoms with van der Waals surface area (Å²) in [5.41, 5.74) is 3.13. The number of hydrogen-bond acceptors (Lipinski definition) is 5. The van der Waals surface area contributed by atoms with Gasteiger partial charge in [-0.05, 0) is 41.0 Å². The van der Waals surface area contributed by atoms with Gasteiger partial charge in [-0.2, -0.15) is 0 Å². The van der Waals surface area contributed by atoms with E-state index in [2.05, 4.69) is 17.4 Å². The molecule has 1 aliphatic heterocycles. The summed E-state index contributed by atoms with van der Waals surface area (Å²) in [5, 5.41) is 15.0. The molecular weight excluding hydrogens is 485 g/mol. The summed E-state index contributed by atoms with van der Waals surface area (Å²) in [6.45, 7) is 3.41. The molecule has 2 N–H and O–H groups in total. The number of ether oxygens (including phenoxy) is 3.